The van der Waals surface area contributed by atoms with Crippen molar-refractivity contribution in [1.29, 1.82) is 0 Å². The Morgan fingerprint density at radius 3 is 2.55 bits per heavy atom. The van der Waals surface area contributed by atoms with E-state index < -0.39 is 48.0 Å². The number of aliphatic hydroxyl groups excluding tert-OH is 3. The van der Waals surface area contributed by atoms with Crippen molar-refractivity contribution in [2.45, 2.75) is 36.5 Å². The number of amides is 1. The molecule has 0 unspecified atom stereocenters. The third kappa shape index (κ3) is 3.93. The van der Waals surface area contributed by atoms with E-state index in [0.29, 0.717) is 0 Å². The zero-order valence-corrected chi connectivity index (χ0v) is 11.6. The summed E-state index contributed by atoms with van der Waals surface area (Å²) in [7, 11) is 0. The molecule has 0 fully saturated rings. The van der Waals surface area contributed by atoms with Crippen molar-refractivity contribution in [3.05, 3.63) is 11.0 Å². The second kappa shape index (κ2) is 7.04. The average Bonchev–Trinajstić information content (AvgIpc) is 2.38. The third-order valence-electron chi connectivity index (χ3n) is 2.87. The largest absolute Gasteiger partial charge is 0.477 e. The number of nitrogens with one attached hydrogen (secondary N) is 1. The van der Waals surface area contributed by atoms with E-state index in [1.807, 2.05) is 0 Å². The monoisotopic (exact) mass is 306 g/mol. The number of aliphatic carboxylic acids is 1. The highest BCUT2D eigenvalue weighted by Crippen LogP contribution is 2.34. The Morgan fingerprint density at radius 2 is 2.10 bits per heavy atom. The van der Waals surface area contributed by atoms with Crippen molar-refractivity contribution in [2.24, 2.45) is 5.73 Å². The molecule has 8 nitrogen and oxygen atoms in total. The highest BCUT2D eigenvalue weighted by molar-refractivity contribution is 8.04. The fourth-order valence-electron chi connectivity index (χ4n) is 1.90. The van der Waals surface area contributed by atoms with Crippen molar-refractivity contribution < 1.29 is 30.0 Å². The van der Waals surface area contributed by atoms with Crippen molar-refractivity contribution in [3.8, 4) is 0 Å². The lowest BCUT2D eigenvalue weighted by Crippen LogP contribution is -2.59. The number of nitrogens with two attached hydrogens (primary N) is 1. The Morgan fingerprint density at radius 1 is 1.50 bits per heavy atom. The van der Waals surface area contributed by atoms with Gasteiger partial charge in [-0.25, -0.2) is 4.79 Å². The molecule has 0 radical (unpaired) electrons. The van der Waals surface area contributed by atoms with E-state index in [-0.39, 0.29) is 4.91 Å². The second-order valence-corrected chi connectivity index (χ2v) is 5.68. The quantitative estimate of drug-likeness (QED) is 0.329. The molecule has 0 aliphatic carbocycles. The molecule has 0 aromatic carbocycles. The molecule has 1 rings (SSSR count). The van der Waals surface area contributed by atoms with Crippen molar-refractivity contribution in [1.82, 2.24) is 5.32 Å². The summed E-state index contributed by atoms with van der Waals surface area (Å²) in [6.07, 6.45) is -1.61. The topological polar surface area (TPSA) is 153 Å². The molecule has 0 aromatic heterocycles. The van der Waals surface area contributed by atoms with Gasteiger partial charge in [-0.15, -0.1) is 11.8 Å². The predicted molar refractivity (Wildman–Crippen MR) is 71.8 cm³/mol. The first-order valence-electron chi connectivity index (χ1n) is 5.89. The van der Waals surface area contributed by atoms with E-state index in [4.69, 9.17) is 15.9 Å². The summed E-state index contributed by atoms with van der Waals surface area (Å²) in [5.41, 5.74) is 5.80. The van der Waals surface area contributed by atoms with Gasteiger partial charge in [0.2, 0.25) is 5.91 Å². The van der Waals surface area contributed by atoms with Gasteiger partial charge in [0.05, 0.1) is 28.9 Å². The molecule has 1 heterocycles. The van der Waals surface area contributed by atoms with Crippen LogP contribution in [0.3, 0.4) is 0 Å². The number of rotatable bonds is 5. The summed E-state index contributed by atoms with van der Waals surface area (Å²) in [4.78, 5) is 22.1. The third-order valence-corrected chi connectivity index (χ3v) is 4.28. The van der Waals surface area contributed by atoms with Crippen LogP contribution in [0.1, 0.15) is 6.92 Å². The van der Waals surface area contributed by atoms with Crippen LogP contribution in [0.2, 0.25) is 0 Å². The Hall–Kier alpha value is -1.13. The van der Waals surface area contributed by atoms with Gasteiger partial charge in [0.1, 0.15) is 6.10 Å². The van der Waals surface area contributed by atoms with Crippen molar-refractivity contribution >= 4 is 23.6 Å². The number of carbonyl (C=O) groups excluding carboxylic acids is 1. The van der Waals surface area contributed by atoms with Crippen LogP contribution in [0.4, 0.5) is 0 Å². The zero-order valence-electron chi connectivity index (χ0n) is 10.8. The molecule has 1 aliphatic heterocycles. The molecule has 1 aliphatic rings. The molecule has 9 heteroatoms. The van der Waals surface area contributed by atoms with Gasteiger partial charge < -0.3 is 31.5 Å². The summed E-state index contributed by atoms with van der Waals surface area (Å²) in [5.74, 6) is -1.60. The van der Waals surface area contributed by atoms with E-state index in [1.54, 1.807) is 0 Å². The van der Waals surface area contributed by atoms with E-state index in [1.165, 1.54) is 13.0 Å². The smallest absolute Gasteiger partial charge is 0.341 e. The average molecular weight is 306 g/mol. The summed E-state index contributed by atoms with van der Waals surface area (Å²) < 4.78 is 0. The first-order valence-corrected chi connectivity index (χ1v) is 6.77. The Bertz CT molecular complexity index is 416. The molecule has 1 amide bonds. The number of thioether (sulfide) groups is 1. The first kappa shape index (κ1) is 16.9. The maximum absolute atomic E-state index is 11.2. The van der Waals surface area contributed by atoms with Crippen LogP contribution in [0, 0.1) is 0 Å². The van der Waals surface area contributed by atoms with Gasteiger partial charge in [-0.05, 0) is 6.08 Å². The number of carboxylic acids is 1. The van der Waals surface area contributed by atoms with Crippen LogP contribution in [0.15, 0.2) is 11.0 Å². The number of carbonyl (C=O) groups is 2. The van der Waals surface area contributed by atoms with E-state index in [2.05, 4.69) is 5.32 Å². The van der Waals surface area contributed by atoms with E-state index in [0.717, 1.165) is 11.8 Å². The summed E-state index contributed by atoms with van der Waals surface area (Å²) >= 11 is 0.791. The van der Waals surface area contributed by atoms with Gasteiger partial charge in [-0.2, -0.15) is 0 Å². The molecule has 20 heavy (non-hydrogen) atoms. The summed E-state index contributed by atoms with van der Waals surface area (Å²) in [6.45, 7) is 0.575. The summed E-state index contributed by atoms with van der Waals surface area (Å²) in [6, 6.07) is -1.58. The molecule has 7 N–H and O–H groups in total. The van der Waals surface area contributed by atoms with Crippen molar-refractivity contribution in [2.75, 3.05) is 6.61 Å². The van der Waals surface area contributed by atoms with Gasteiger partial charge >= 0.3 is 5.97 Å². The maximum Gasteiger partial charge on any atom is 0.341 e. The van der Waals surface area contributed by atoms with Crippen LogP contribution >= 0.6 is 11.8 Å². The molecule has 0 aromatic rings. The number of hydrogen-bond donors (Lipinski definition) is 6. The standard InChI is InChI=1S/C11H18N2O6S/c1-4(15)13-8-5(12)2-7(11(18)19)20-10(8)9(17)6(16)3-14/h2,5-6,8-10,14,16-17H,3,12H2,1H3,(H,13,15)(H,18,19)/t5-,6+,8+,9+,10+/m0/s1. The van der Waals surface area contributed by atoms with Gasteiger partial charge in [0.25, 0.3) is 0 Å². The highest BCUT2D eigenvalue weighted by atomic mass is 32.2. The Balaban J connectivity index is 3.04. The SMILES string of the molecule is CC(=O)N[C@H]1[C@H]([C@H](O)[C@H](O)CO)SC(C(=O)O)=C[C@@H]1N. The number of carboxylic acid groups (broad SMARTS) is 1. The molecule has 0 saturated heterocycles. The number of hydrogen-bond acceptors (Lipinski definition) is 7. The lowest BCUT2D eigenvalue weighted by atomic mass is 9.97. The molecule has 0 saturated carbocycles. The van der Waals surface area contributed by atoms with E-state index in [9.17, 15) is 19.8 Å². The molecular weight excluding hydrogens is 288 g/mol. The molecular formula is C11H18N2O6S. The van der Waals surface area contributed by atoms with Crippen LogP contribution in [0.5, 0.6) is 0 Å². The van der Waals surface area contributed by atoms with Gasteiger partial charge in [0.15, 0.2) is 0 Å². The lowest BCUT2D eigenvalue weighted by Gasteiger charge is -2.38. The fraction of sp³-hybridized carbons (Fsp3) is 0.636. The van der Waals surface area contributed by atoms with Crippen LogP contribution in [0.25, 0.3) is 0 Å². The highest BCUT2D eigenvalue weighted by Gasteiger charge is 2.41. The minimum absolute atomic E-state index is 0.0757. The maximum atomic E-state index is 11.2. The zero-order chi connectivity index (χ0) is 15.4. The predicted octanol–water partition coefficient (Wildman–Crippen LogP) is -2.38. The van der Waals surface area contributed by atoms with E-state index >= 15 is 0 Å². The minimum Gasteiger partial charge on any atom is -0.477 e. The summed E-state index contributed by atoms with van der Waals surface area (Å²) in [5, 5.41) is 39.0. The Kier molecular flexibility index (Phi) is 5.96. The minimum atomic E-state index is -1.45. The molecule has 0 bridgehead atoms. The fourth-order valence-corrected chi connectivity index (χ4v) is 3.25. The van der Waals surface area contributed by atoms with Gasteiger partial charge in [0, 0.05) is 13.0 Å². The number of aliphatic hydroxyl groups is 3. The van der Waals surface area contributed by atoms with Crippen LogP contribution < -0.4 is 11.1 Å². The molecule has 114 valence electrons. The normalized spacial score (nSPS) is 29.2. The molecule has 5 atom stereocenters. The first-order chi connectivity index (χ1) is 9.27. The Labute approximate surface area is 119 Å². The lowest BCUT2D eigenvalue weighted by molar-refractivity contribution is -0.131. The van der Waals surface area contributed by atoms with Gasteiger partial charge in [-0.1, -0.05) is 0 Å². The molecule has 0 spiro atoms. The van der Waals surface area contributed by atoms with Crippen LogP contribution in [-0.4, -0.2) is 68.5 Å². The second-order valence-electron chi connectivity index (χ2n) is 4.46. The van der Waals surface area contributed by atoms with Crippen molar-refractivity contribution in [3.63, 3.8) is 0 Å². The van der Waals surface area contributed by atoms with Crippen LogP contribution in [-0.2, 0) is 9.59 Å². The van der Waals surface area contributed by atoms with Gasteiger partial charge in [-0.3, -0.25) is 4.79 Å².